The van der Waals surface area contributed by atoms with Gasteiger partial charge in [0.05, 0.1) is 0 Å². The zero-order valence-corrected chi connectivity index (χ0v) is 8.61. The number of aliphatic hydroxyl groups excluding tert-OH is 1. The second-order valence-electron chi connectivity index (χ2n) is 3.51. The Balaban J connectivity index is 2.20. The largest absolute Gasteiger partial charge is 0.396 e. The maximum absolute atomic E-state index is 8.66. The molecule has 1 heterocycles. The van der Waals surface area contributed by atoms with Gasteiger partial charge in [-0.25, -0.2) is 0 Å². The van der Waals surface area contributed by atoms with Crippen LogP contribution in [0.1, 0.15) is 25.3 Å². The summed E-state index contributed by atoms with van der Waals surface area (Å²) in [6, 6.07) is 4.44. The maximum atomic E-state index is 8.66. The van der Waals surface area contributed by atoms with Gasteiger partial charge in [0.15, 0.2) is 0 Å². The molecule has 0 aliphatic carbocycles. The number of nitrogens with zero attached hydrogens (tertiary/aromatic N) is 1. The van der Waals surface area contributed by atoms with E-state index in [0.29, 0.717) is 6.04 Å². The van der Waals surface area contributed by atoms with Crippen LogP contribution in [0.4, 0.5) is 0 Å². The quantitative estimate of drug-likeness (QED) is 0.718. The standard InChI is InChI=1S/C11H18N2O/c1-10(4-3-7-14)13-9-11-5-2-6-12-8-11/h2,5-6,8,10,13-14H,3-4,7,9H2,1H3/t10-/m1/s1. The van der Waals surface area contributed by atoms with E-state index in [1.54, 1.807) is 6.20 Å². The normalized spacial score (nSPS) is 12.7. The first kappa shape index (κ1) is 11.1. The lowest BCUT2D eigenvalue weighted by atomic mass is 10.2. The van der Waals surface area contributed by atoms with Gasteiger partial charge in [0.1, 0.15) is 0 Å². The lowest BCUT2D eigenvalue weighted by molar-refractivity contribution is 0.276. The molecule has 1 aromatic rings. The van der Waals surface area contributed by atoms with Crippen molar-refractivity contribution in [2.24, 2.45) is 0 Å². The summed E-state index contributed by atoms with van der Waals surface area (Å²) in [7, 11) is 0. The third-order valence-corrected chi connectivity index (χ3v) is 2.17. The molecule has 0 bridgehead atoms. The fourth-order valence-electron chi connectivity index (χ4n) is 1.29. The zero-order chi connectivity index (χ0) is 10.2. The summed E-state index contributed by atoms with van der Waals surface area (Å²) in [5.74, 6) is 0. The first-order valence-corrected chi connectivity index (χ1v) is 5.06. The van der Waals surface area contributed by atoms with Gasteiger partial charge in [-0.15, -0.1) is 0 Å². The molecular formula is C11H18N2O. The number of aromatic nitrogens is 1. The Kier molecular flexibility index (Phi) is 5.19. The van der Waals surface area contributed by atoms with Gasteiger partial charge in [-0.3, -0.25) is 4.98 Å². The Hall–Kier alpha value is -0.930. The minimum Gasteiger partial charge on any atom is -0.396 e. The van der Waals surface area contributed by atoms with E-state index in [-0.39, 0.29) is 6.61 Å². The number of rotatable bonds is 6. The van der Waals surface area contributed by atoms with Gasteiger partial charge in [-0.05, 0) is 31.4 Å². The van der Waals surface area contributed by atoms with Crippen LogP contribution in [0.5, 0.6) is 0 Å². The van der Waals surface area contributed by atoms with Gasteiger partial charge in [0.25, 0.3) is 0 Å². The molecule has 3 heteroatoms. The lowest BCUT2D eigenvalue weighted by Crippen LogP contribution is -2.25. The molecule has 0 amide bonds. The predicted molar refractivity (Wildman–Crippen MR) is 56.9 cm³/mol. The molecule has 0 saturated heterocycles. The fourth-order valence-corrected chi connectivity index (χ4v) is 1.29. The molecule has 0 saturated carbocycles. The number of pyridine rings is 1. The molecule has 78 valence electrons. The number of hydrogen-bond donors (Lipinski definition) is 2. The van der Waals surface area contributed by atoms with E-state index in [9.17, 15) is 0 Å². The monoisotopic (exact) mass is 194 g/mol. The van der Waals surface area contributed by atoms with Crippen LogP contribution >= 0.6 is 0 Å². The van der Waals surface area contributed by atoms with Crippen LogP contribution in [0.3, 0.4) is 0 Å². The SMILES string of the molecule is C[C@H](CCCO)NCc1cccnc1. The summed E-state index contributed by atoms with van der Waals surface area (Å²) in [5, 5.41) is 12.0. The molecule has 0 spiro atoms. The lowest BCUT2D eigenvalue weighted by Gasteiger charge is -2.12. The number of aliphatic hydroxyl groups is 1. The zero-order valence-electron chi connectivity index (χ0n) is 8.61. The van der Waals surface area contributed by atoms with Gasteiger partial charge in [-0.1, -0.05) is 6.07 Å². The molecule has 3 nitrogen and oxygen atoms in total. The molecule has 1 aromatic heterocycles. The van der Waals surface area contributed by atoms with Crippen molar-refractivity contribution in [3.05, 3.63) is 30.1 Å². The van der Waals surface area contributed by atoms with E-state index < -0.39 is 0 Å². The van der Waals surface area contributed by atoms with Crippen LogP contribution in [0.25, 0.3) is 0 Å². The average molecular weight is 194 g/mol. The Morgan fingerprint density at radius 1 is 1.57 bits per heavy atom. The second kappa shape index (κ2) is 6.51. The summed E-state index contributed by atoms with van der Waals surface area (Å²) in [6.07, 6.45) is 5.52. The maximum Gasteiger partial charge on any atom is 0.0431 e. The molecule has 0 aliphatic heterocycles. The van der Waals surface area contributed by atoms with E-state index >= 15 is 0 Å². The average Bonchev–Trinajstić information content (AvgIpc) is 2.25. The summed E-state index contributed by atoms with van der Waals surface area (Å²) in [5.41, 5.74) is 1.20. The van der Waals surface area contributed by atoms with Crippen molar-refractivity contribution in [3.63, 3.8) is 0 Å². The fraction of sp³-hybridized carbons (Fsp3) is 0.545. The molecule has 0 unspecified atom stereocenters. The smallest absolute Gasteiger partial charge is 0.0431 e. The predicted octanol–water partition coefficient (Wildman–Crippen LogP) is 1.33. The minimum absolute atomic E-state index is 0.277. The molecule has 1 atom stereocenters. The summed E-state index contributed by atoms with van der Waals surface area (Å²) in [4.78, 5) is 4.04. The molecule has 0 radical (unpaired) electrons. The van der Waals surface area contributed by atoms with Gasteiger partial charge in [0.2, 0.25) is 0 Å². The van der Waals surface area contributed by atoms with Crippen LogP contribution in [0.2, 0.25) is 0 Å². The molecule has 0 aliphatic rings. The van der Waals surface area contributed by atoms with Gasteiger partial charge in [0, 0.05) is 31.6 Å². The third-order valence-electron chi connectivity index (χ3n) is 2.17. The van der Waals surface area contributed by atoms with Crippen LogP contribution in [0.15, 0.2) is 24.5 Å². The van der Waals surface area contributed by atoms with Crippen molar-refractivity contribution in [2.45, 2.75) is 32.4 Å². The van der Waals surface area contributed by atoms with Crippen LogP contribution < -0.4 is 5.32 Å². The van der Waals surface area contributed by atoms with Crippen LogP contribution in [0, 0.1) is 0 Å². The highest BCUT2D eigenvalue weighted by atomic mass is 16.2. The molecule has 0 fully saturated rings. The molecule has 1 rings (SSSR count). The van der Waals surface area contributed by atoms with E-state index in [0.717, 1.165) is 19.4 Å². The molecule has 0 aromatic carbocycles. The Morgan fingerprint density at radius 3 is 3.07 bits per heavy atom. The van der Waals surface area contributed by atoms with E-state index in [1.807, 2.05) is 12.3 Å². The van der Waals surface area contributed by atoms with Crippen LogP contribution in [-0.2, 0) is 6.54 Å². The number of hydrogen-bond acceptors (Lipinski definition) is 3. The summed E-state index contributed by atoms with van der Waals surface area (Å²) in [6.45, 7) is 3.26. The highest BCUT2D eigenvalue weighted by molar-refractivity contribution is 5.07. The Morgan fingerprint density at radius 2 is 2.43 bits per heavy atom. The van der Waals surface area contributed by atoms with Gasteiger partial charge in [-0.2, -0.15) is 0 Å². The number of nitrogens with one attached hydrogen (secondary N) is 1. The van der Waals surface area contributed by atoms with E-state index in [2.05, 4.69) is 23.3 Å². The second-order valence-corrected chi connectivity index (χ2v) is 3.51. The molecular weight excluding hydrogens is 176 g/mol. The molecule has 14 heavy (non-hydrogen) atoms. The Labute approximate surface area is 85.2 Å². The van der Waals surface area contributed by atoms with Crippen LogP contribution in [-0.4, -0.2) is 22.7 Å². The van der Waals surface area contributed by atoms with Crippen molar-refractivity contribution in [1.82, 2.24) is 10.3 Å². The minimum atomic E-state index is 0.277. The van der Waals surface area contributed by atoms with Gasteiger partial charge >= 0.3 is 0 Å². The van der Waals surface area contributed by atoms with Crippen molar-refractivity contribution in [2.75, 3.05) is 6.61 Å². The molecule has 2 N–H and O–H groups in total. The Bertz CT molecular complexity index is 238. The van der Waals surface area contributed by atoms with Gasteiger partial charge < -0.3 is 10.4 Å². The van der Waals surface area contributed by atoms with Crippen molar-refractivity contribution >= 4 is 0 Å². The highest BCUT2D eigenvalue weighted by Crippen LogP contribution is 1.99. The third kappa shape index (κ3) is 4.35. The first-order valence-electron chi connectivity index (χ1n) is 5.06. The topological polar surface area (TPSA) is 45.1 Å². The first-order chi connectivity index (χ1) is 6.83. The summed E-state index contributed by atoms with van der Waals surface area (Å²) < 4.78 is 0. The van der Waals surface area contributed by atoms with E-state index in [1.165, 1.54) is 5.56 Å². The van der Waals surface area contributed by atoms with Crippen molar-refractivity contribution in [3.8, 4) is 0 Å². The highest BCUT2D eigenvalue weighted by Gasteiger charge is 2.00. The van der Waals surface area contributed by atoms with Crippen molar-refractivity contribution in [1.29, 1.82) is 0 Å². The van der Waals surface area contributed by atoms with Crippen molar-refractivity contribution < 1.29 is 5.11 Å². The summed E-state index contributed by atoms with van der Waals surface area (Å²) >= 11 is 0. The van der Waals surface area contributed by atoms with E-state index in [4.69, 9.17) is 5.11 Å².